The zero-order valence-electron chi connectivity index (χ0n) is 13.5. The lowest BCUT2D eigenvalue weighted by atomic mass is 9.95. The van der Waals surface area contributed by atoms with Crippen molar-refractivity contribution in [3.63, 3.8) is 0 Å². The zero-order chi connectivity index (χ0) is 15.2. The van der Waals surface area contributed by atoms with Crippen molar-refractivity contribution < 1.29 is 0 Å². The summed E-state index contributed by atoms with van der Waals surface area (Å²) in [6.45, 7) is 9.09. The maximum atomic E-state index is 4.49. The van der Waals surface area contributed by atoms with Gasteiger partial charge in [0.15, 0.2) is 0 Å². The highest BCUT2D eigenvalue weighted by atomic mass is 15.1. The van der Waals surface area contributed by atoms with E-state index in [-0.39, 0.29) is 0 Å². The first-order valence-corrected chi connectivity index (χ1v) is 7.75. The quantitative estimate of drug-likeness (QED) is 0.832. The molecule has 0 radical (unpaired) electrons. The molecule has 0 saturated heterocycles. The summed E-state index contributed by atoms with van der Waals surface area (Å²) in [5.74, 6) is 2.28. The molecule has 1 N–H and O–H groups in total. The molecule has 2 heterocycles. The van der Waals surface area contributed by atoms with Crippen molar-refractivity contribution in [1.29, 1.82) is 0 Å². The predicted octanol–water partition coefficient (Wildman–Crippen LogP) is 4.14. The van der Waals surface area contributed by atoms with Crippen molar-refractivity contribution in [2.45, 2.75) is 46.6 Å². The summed E-state index contributed by atoms with van der Waals surface area (Å²) in [6.07, 6.45) is 9.69. The normalized spacial score (nSPS) is 11.6. The minimum atomic E-state index is 0.505. The van der Waals surface area contributed by atoms with Crippen LogP contribution >= 0.6 is 0 Å². The third-order valence-electron chi connectivity index (χ3n) is 3.40. The van der Waals surface area contributed by atoms with Crippen molar-refractivity contribution in [2.24, 2.45) is 11.8 Å². The molecular formula is C17H26N4. The molecule has 0 atom stereocenters. The molecule has 0 aliphatic carbocycles. The van der Waals surface area contributed by atoms with Gasteiger partial charge in [0, 0.05) is 18.4 Å². The Balaban J connectivity index is 2.03. The number of hydrogen-bond acceptors (Lipinski definition) is 3. The highest BCUT2D eigenvalue weighted by Gasteiger charge is 2.13. The highest BCUT2D eigenvalue weighted by molar-refractivity contribution is 5.44. The van der Waals surface area contributed by atoms with Crippen LogP contribution in [0, 0.1) is 11.8 Å². The van der Waals surface area contributed by atoms with Gasteiger partial charge in [-0.3, -0.25) is 4.57 Å². The summed E-state index contributed by atoms with van der Waals surface area (Å²) in [5, 5.41) is 3.63. The van der Waals surface area contributed by atoms with Gasteiger partial charge < -0.3 is 5.32 Å². The van der Waals surface area contributed by atoms with Crippen LogP contribution in [0.15, 0.2) is 37.1 Å². The fourth-order valence-corrected chi connectivity index (χ4v) is 2.61. The molecule has 21 heavy (non-hydrogen) atoms. The van der Waals surface area contributed by atoms with Gasteiger partial charge >= 0.3 is 0 Å². The molecule has 0 bridgehead atoms. The van der Waals surface area contributed by atoms with Crippen LogP contribution in [-0.4, -0.2) is 20.6 Å². The van der Waals surface area contributed by atoms with Crippen LogP contribution < -0.4 is 5.32 Å². The van der Waals surface area contributed by atoms with Crippen molar-refractivity contribution >= 4 is 5.69 Å². The molecule has 2 aromatic heterocycles. The fraction of sp³-hybridized carbons (Fsp3) is 0.529. The van der Waals surface area contributed by atoms with Crippen LogP contribution in [-0.2, 0) is 0 Å². The van der Waals surface area contributed by atoms with E-state index in [4.69, 9.17) is 0 Å². The molecule has 114 valence electrons. The van der Waals surface area contributed by atoms with Gasteiger partial charge in [-0.1, -0.05) is 27.7 Å². The summed E-state index contributed by atoms with van der Waals surface area (Å²) in [6, 6.07) is 4.62. The van der Waals surface area contributed by atoms with Crippen LogP contribution in [0.2, 0.25) is 0 Å². The first-order chi connectivity index (χ1) is 10.0. The van der Waals surface area contributed by atoms with E-state index in [0.717, 1.165) is 11.5 Å². The highest BCUT2D eigenvalue weighted by Crippen LogP contribution is 2.19. The Bertz CT molecular complexity index is 504. The summed E-state index contributed by atoms with van der Waals surface area (Å²) >= 11 is 0. The van der Waals surface area contributed by atoms with Crippen LogP contribution in [0.25, 0.3) is 5.82 Å². The lowest BCUT2D eigenvalue weighted by Gasteiger charge is -2.23. The fourth-order valence-electron chi connectivity index (χ4n) is 2.61. The molecule has 4 nitrogen and oxygen atoms in total. The molecule has 0 aliphatic rings. The largest absolute Gasteiger partial charge is 0.381 e. The number of anilines is 1. The molecule has 2 aromatic rings. The third kappa shape index (κ3) is 4.88. The van der Waals surface area contributed by atoms with Gasteiger partial charge in [-0.15, -0.1) is 0 Å². The van der Waals surface area contributed by atoms with E-state index in [1.807, 2.05) is 23.0 Å². The van der Waals surface area contributed by atoms with E-state index < -0.39 is 0 Å². The SMILES string of the molecule is CC(C)CC(CC(C)C)Nc1ccc(-n2ccnc2)nc1. The van der Waals surface area contributed by atoms with Gasteiger partial charge in [0.1, 0.15) is 12.1 Å². The van der Waals surface area contributed by atoms with Crippen molar-refractivity contribution in [3.8, 4) is 5.82 Å². The van der Waals surface area contributed by atoms with Crippen molar-refractivity contribution in [3.05, 3.63) is 37.1 Å². The third-order valence-corrected chi connectivity index (χ3v) is 3.40. The smallest absolute Gasteiger partial charge is 0.137 e. The minimum absolute atomic E-state index is 0.505. The van der Waals surface area contributed by atoms with Crippen molar-refractivity contribution in [2.75, 3.05) is 5.32 Å². The van der Waals surface area contributed by atoms with Crippen molar-refractivity contribution in [1.82, 2.24) is 14.5 Å². The Morgan fingerprint density at radius 3 is 2.29 bits per heavy atom. The summed E-state index contributed by atoms with van der Waals surface area (Å²) in [5.41, 5.74) is 1.09. The van der Waals surface area contributed by atoms with E-state index >= 15 is 0 Å². The number of nitrogens with zero attached hydrogens (tertiary/aromatic N) is 3. The number of imidazole rings is 1. The zero-order valence-corrected chi connectivity index (χ0v) is 13.5. The summed E-state index contributed by atoms with van der Waals surface area (Å²) in [7, 11) is 0. The lowest BCUT2D eigenvalue weighted by molar-refractivity contribution is 0.442. The molecule has 4 heteroatoms. The number of aromatic nitrogens is 3. The second-order valence-electron chi connectivity index (χ2n) is 6.48. The Morgan fingerprint density at radius 1 is 1.10 bits per heavy atom. The Morgan fingerprint density at radius 2 is 1.81 bits per heavy atom. The molecule has 2 rings (SSSR count). The second-order valence-corrected chi connectivity index (χ2v) is 6.48. The Hall–Kier alpha value is -1.84. The lowest BCUT2D eigenvalue weighted by Crippen LogP contribution is -2.23. The van der Waals surface area contributed by atoms with E-state index in [1.165, 1.54) is 12.8 Å². The van der Waals surface area contributed by atoms with E-state index in [9.17, 15) is 0 Å². The van der Waals surface area contributed by atoms with Gasteiger partial charge in [0.25, 0.3) is 0 Å². The molecule has 0 amide bonds. The maximum Gasteiger partial charge on any atom is 0.137 e. The van der Waals surface area contributed by atoms with Crippen LogP contribution in [0.1, 0.15) is 40.5 Å². The van der Waals surface area contributed by atoms with E-state index in [0.29, 0.717) is 17.9 Å². The average Bonchev–Trinajstić information content (AvgIpc) is 2.91. The average molecular weight is 286 g/mol. The monoisotopic (exact) mass is 286 g/mol. The van der Waals surface area contributed by atoms with Gasteiger partial charge in [0.2, 0.25) is 0 Å². The van der Waals surface area contributed by atoms with Crippen LogP contribution in [0.4, 0.5) is 5.69 Å². The maximum absolute atomic E-state index is 4.49. The first-order valence-electron chi connectivity index (χ1n) is 7.75. The number of rotatable bonds is 7. The molecule has 0 unspecified atom stereocenters. The molecule has 0 aliphatic heterocycles. The molecule has 0 fully saturated rings. The molecular weight excluding hydrogens is 260 g/mol. The van der Waals surface area contributed by atoms with Gasteiger partial charge in [-0.05, 0) is 36.8 Å². The standard InChI is InChI=1S/C17H26N4/c1-13(2)9-16(10-14(3)4)20-15-5-6-17(19-11-15)21-8-7-18-12-21/h5-8,11-14,16,20H,9-10H2,1-4H3. The summed E-state index contributed by atoms with van der Waals surface area (Å²) in [4.78, 5) is 8.54. The van der Waals surface area contributed by atoms with Gasteiger partial charge in [-0.25, -0.2) is 9.97 Å². The Kier molecular flexibility index (Phi) is 5.37. The van der Waals surface area contributed by atoms with Crippen LogP contribution in [0.3, 0.4) is 0 Å². The molecule has 0 spiro atoms. The predicted molar refractivity (Wildman–Crippen MR) is 87.7 cm³/mol. The summed E-state index contributed by atoms with van der Waals surface area (Å²) < 4.78 is 1.91. The van der Waals surface area contributed by atoms with E-state index in [2.05, 4.69) is 49.0 Å². The van der Waals surface area contributed by atoms with Crippen LogP contribution in [0.5, 0.6) is 0 Å². The second kappa shape index (κ2) is 7.25. The number of pyridine rings is 1. The molecule has 0 saturated carbocycles. The minimum Gasteiger partial charge on any atom is -0.381 e. The number of hydrogen-bond donors (Lipinski definition) is 1. The van der Waals surface area contributed by atoms with Gasteiger partial charge in [0.05, 0.1) is 11.9 Å². The first kappa shape index (κ1) is 15.5. The van der Waals surface area contributed by atoms with E-state index in [1.54, 1.807) is 12.5 Å². The van der Waals surface area contributed by atoms with Gasteiger partial charge in [-0.2, -0.15) is 0 Å². The Labute approximate surface area is 127 Å². The molecule has 0 aromatic carbocycles. The number of nitrogens with one attached hydrogen (secondary N) is 1. The topological polar surface area (TPSA) is 42.7 Å².